The van der Waals surface area contributed by atoms with Crippen LogP contribution in [0.15, 0.2) is 29.1 Å². The summed E-state index contributed by atoms with van der Waals surface area (Å²) in [7, 11) is 7.97. The molecule has 0 aliphatic heterocycles. The highest BCUT2D eigenvalue weighted by molar-refractivity contribution is 5.83. The predicted octanol–water partition coefficient (Wildman–Crippen LogP) is 3.60. The van der Waals surface area contributed by atoms with E-state index in [-0.39, 0.29) is 23.1 Å². The van der Waals surface area contributed by atoms with Crippen molar-refractivity contribution in [2.24, 2.45) is 0 Å². The lowest BCUT2D eigenvalue weighted by molar-refractivity contribution is -0.131. The predicted molar refractivity (Wildman–Crippen MR) is 118 cm³/mol. The number of rotatable bonds is 6. The van der Waals surface area contributed by atoms with E-state index in [9.17, 15) is 9.59 Å². The Bertz CT molecular complexity index is 1050. The van der Waals surface area contributed by atoms with Crippen LogP contribution in [0.1, 0.15) is 36.9 Å². The molecule has 0 bridgehead atoms. The molecule has 1 aliphatic rings. The van der Waals surface area contributed by atoms with Crippen molar-refractivity contribution >= 4 is 5.91 Å². The van der Waals surface area contributed by atoms with Crippen LogP contribution in [0.5, 0.6) is 23.0 Å². The Morgan fingerprint density at radius 3 is 2.26 bits per heavy atom. The van der Waals surface area contributed by atoms with Gasteiger partial charge in [0, 0.05) is 19.0 Å². The summed E-state index contributed by atoms with van der Waals surface area (Å²) in [5, 5.41) is 0. The highest BCUT2D eigenvalue weighted by Crippen LogP contribution is 2.50. The lowest BCUT2D eigenvalue weighted by Crippen LogP contribution is -2.31. The molecule has 0 fully saturated rings. The van der Waals surface area contributed by atoms with Crippen molar-refractivity contribution in [1.82, 2.24) is 4.90 Å². The van der Waals surface area contributed by atoms with Crippen LogP contribution in [-0.4, -0.2) is 46.3 Å². The molecule has 7 nitrogen and oxygen atoms in total. The van der Waals surface area contributed by atoms with E-state index in [1.165, 1.54) is 7.11 Å². The van der Waals surface area contributed by atoms with Gasteiger partial charge in [-0.05, 0) is 47.7 Å². The maximum atomic E-state index is 12.8. The van der Waals surface area contributed by atoms with Gasteiger partial charge in [-0.1, -0.05) is 13.0 Å². The Morgan fingerprint density at radius 1 is 1.00 bits per heavy atom. The van der Waals surface area contributed by atoms with E-state index in [4.69, 9.17) is 18.9 Å². The van der Waals surface area contributed by atoms with Crippen molar-refractivity contribution in [2.45, 2.75) is 32.2 Å². The molecule has 0 spiro atoms. The van der Waals surface area contributed by atoms with Gasteiger partial charge in [-0.25, -0.2) is 0 Å². The maximum absolute atomic E-state index is 12.8. The van der Waals surface area contributed by atoms with Gasteiger partial charge in [0.05, 0.1) is 34.5 Å². The van der Waals surface area contributed by atoms with Crippen LogP contribution in [0.3, 0.4) is 0 Å². The first kappa shape index (κ1) is 22.5. The van der Waals surface area contributed by atoms with Crippen molar-refractivity contribution in [1.29, 1.82) is 0 Å². The summed E-state index contributed by atoms with van der Waals surface area (Å²) < 4.78 is 22.2. The van der Waals surface area contributed by atoms with Gasteiger partial charge in [0.1, 0.15) is 0 Å². The molecule has 0 saturated heterocycles. The van der Waals surface area contributed by atoms with Crippen molar-refractivity contribution in [2.75, 3.05) is 35.5 Å². The van der Waals surface area contributed by atoms with Crippen LogP contribution in [0.4, 0.5) is 0 Å². The van der Waals surface area contributed by atoms with Gasteiger partial charge in [-0.3, -0.25) is 9.59 Å². The topological polar surface area (TPSA) is 74.3 Å². The Hall–Kier alpha value is -3.22. The van der Waals surface area contributed by atoms with Crippen LogP contribution in [0.2, 0.25) is 0 Å². The van der Waals surface area contributed by atoms with E-state index < -0.39 is 0 Å². The molecule has 0 heterocycles. The summed E-state index contributed by atoms with van der Waals surface area (Å²) >= 11 is 0. The molecule has 2 aromatic rings. The summed E-state index contributed by atoms with van der Waals surface area (Å²) in [6.45, 7) is 1.83. The molecular weight excluding hydrogens is 398 g/mol. The molecule has 2 aromatic carbocycles. The molecule has 7 heteroatoms. The van der Waals surface area contributed by atoms with Gasteiger partial charge in [0.15, 0.2) is 17.2 Å². The fraction of sp³-hybridized carbons (Fsp3) is 0.417. The monoisotopic (exact) mass is 427 g/mol. The number of fused-ring (bicyclic) bond motifs is 3. The Balaban J connectivity index is 2.42. The molecule has 0 radical (unpaired) electrons. The van der Waals surface area contributed by atoms with Crippen molar-refractivity contribution in [3.63, 3.8) is 0 Å². The summed E-state index contributed by atoms with van der Waals surface area (Å²) in [4.78, 5) is 27.1. The van der Waals surface area contributed by atoms with E-state index in [2.05, 4.69) is 0 Å². The average molecular weight is 427 g/mol. The van der Waals surface area contributed by atoms with Gasteiger partial charge in [-0.2, -0.15) is 0 Å². The second-order valence-corrected chi connectivity index (χ2v) is 7.37. The van der Waals surface area contributed by atoms with Crippen LogP contribution >= 0.6 is 0 Å². The molecule has 0 aromatic heterocycles. The number of hydrogen-bond acceptors (Lipinski definition) is 6. The number of amides is 1. The summed E-state index contributed by atoms with van der Waals surface area (Å²) in [6.07, 6.45) is 1.70. The fourth-order valence-corrected chi connectivity index (χ4v) is 4.27. The Kier molecular flexibility index (Phi) is 6.73. The van der Waals surface area contributed by atoms with Gasteiger partial charge >= 0.3 is 0 Å². The molecule has 166 valence electrons. The molecule has 0 saturated carbocycles. The molecule has 0 unspecified atom stereocenters. The zero-order chi connectivity index (χ0) is 22.7. The minimum absolute atomic E-state index is 0.00922. The second-order valence-electron chi connectivity index (χ2n) is 7.37. The maximum Gasteiger partial charge on any atom is 0.222 e. The van der Waals surface area contributed by atoms with Crippen LogP contribution in [-0.2, 0) is 11.2 Å². The fourth-order valence-electron chi connectivity index (χ4n) is 4.27. The van der Waals surface area contributed by atoms with E-state index >= 15 is 0 Å². The van der Waals surface area contributed by atoms with Crippen molar-refractivity contribution < 1.29 is 23.7 Å². The first-order valence-electron chi connectivity index (χ1n) is 10.2. The highest BCUT2D eigenvalue weighted by atomic mass is 16.5. The van der Waals surface area contributed by atoms with E-state index in [0.29, 0.717) is 36.5 Å². The first-order chi connectivity index (χ1) is 14.9. The van der Waals surface area contributed by atoms with E-state index in [1.807, 2.05) is 19.1 Å². The quantitative estimate of drug-likeness (QED) is 0.701. The first-order valence-corrected chi connectivity index (χ1v) is 10.2. The normalized spacial score (nSPS) is 14.6. The number of methoxy groups -OCH3 is 4. The van der Waals surface area contributed by atoms with Crippen molar-refractivity contribution in [3.05, 3.63) is 45.6 Å². The molecule has 1 aliphatic carbocycles. The average Bonchev–Trinajstić information content (AvgIpc) is 3.04. The van der Waals surface area contributed by atoms with Gasteiger partial charge in [0.25, 0.3) is 0 Å². The third kappa shape index (κ3) is 3.92. The smallest absolute Gasteiger partial charge is 0.222 e. The molecule has 1 atom stereocenters. The third-order valence-electron chi connectivity index (χ3n) is 5.85. The zero-order valence-corrected chi connectivity index (χ0v) is 18.9. The van der Waals surface area contributed by atoms with Gasteiger partial charge < -0.3 is 23.8 Å². The number of nitrogens with zero attached hydrogens (tertiary/aromatic N) is 1. The van der Waals surface area contributed by atoms with Crippen molar-refractivity contribution in [3.8, 4) is 34.1 Å². The Labute approximate surface area is 182 Å². The number of benzene rings is 1. The Morgan fingerprint density at radius 2 is 1.68 bits per heavy atom. The largest absolute Gasteiger partial charge is 0.493 e. The molecular formula is C24H29NO6. The number of ether oxygens (including phenoxy) is 4. The minimum Gasteiger partial charge on any atom is -0.493 e. The standard InChI is InChI=1S/C24H29NO6/c1-7-21(27)25(2)17-10-8-14-12-20(29-4)23(30-5)24(31-6)22(14)15-9-11-19(28-3)18(26)13-16(15)17/h9,11-13,17H,7-8,10H2,1-6H3/t17-/m0/s1. The lowest BCUT2D eigenvalue weighted by Gasteiger charge is -2.28. The summed E-state index contributed by atoms with van der Waals surface area (Å²) in [5.41, 5.74) is 3.13. The summed E-state index contributed by atoms with van der Waals surface area (Å²) in [6, 6.07) is 6.74. The minimum atomic E-state index is -0.277. The number of carbonyl (C=O) groups is 1. The molecule has 31 heavy (non-hydrogen) atoms. The number of hydrogen-bond donors (Lipinski definition) is 0. The lowest BCUT2D eigenvalue weighted by atomic mass is 9.95. The number of carbonyl (C=O) groups excluding carboxylic acids is 1. The second kappa shape index (κ2) is 9.29. The SMILES string of the molecule is CCC(=O)N(C)[C@H]1CCc2cc(OC)c(OC)c(OC)c2-c2ccc(OC)c(=O)cc21. The van der Waals surface area contributed by atoms with E-state index in [0.717, 1.165) is 22.3 Å². The third-order valence-corrected chi connectivity index (χ3v) is 5.85. The highest BCUT2D eigenvalue weighted by Gasteiger charge is 2.31. The molecule has 1 amide bonds. The van der Waals surface area contributed by atoms with Gasteiger partial charge in [-0.15, -0.1) is 0 Å². The van der Waals surface area contributed by atoms with Crippen LogP contribution < -0.4 is 24.4 Å². The summed E-state index contributed by atoms with van der Waals surface area (Å²) in [5.74, 6) is 1.82. The van der Waals surface area contributed by atoms with Crippen LogP contribution in [0.25, 0.3) is 11.1 Å². The zero-order valence-electron chi connectivity index (χ0n) is 18.9. The number of aryl methyl sites for hydroxylation is 1. The molecule has 0 N–H and O–H groups in total. The van der Waals surface area contributed by atoms with Crippen LogP contribution in [0, 0.1) is 0 Å². The van der Waals surface area contributed by atoms with Gasteiger partial charge in [0.2, 0.25) is 17.1 Å². The molecule has 3 rings (SSSR count). The van der Waals surface area contributed by atoms with E-state index in [1.54, 1.807) is 45.4 Å².